The summed E-state index contributed by atoms with van der Waals surface area (Å²) < 4.78 is 0. The fraction of sp³-hybridized carbons (Fsp3) is 1.00. The average Bonchev–Trinajstić information content (AvgIpc) is 2.45. The van der Waals surface area contributed by atoms with Crippen molar-refractivity contribution in [3.8, 4) is 0 Å². The summed E-state index contributed by atoms with van der Waals surface area (Å²) in [6.07, 6.45) is 17.5. The molecule has 0 amide bonds. The first-order valence-electron chi connectivity index (χ1n) is 9.67. The van der Waals surface area contributed by atoms with Crippen LogP contribution >= 0.6 is 11.8 Å². The van der Waals surface area contributed by atoms with Crippen LogP contribution in [0.4, 0.5) is 0 Å². The quantitative estimate of drug-likeness (QED) is 0.377. The van der Waals surface area contributed by atoms with Crippen molar-refractivity contribution in [2.24, 2.45) is 11.3 Å². The van der Waals surface area contributed by atoms with E-state index in [1.165, 1.54) is 82.8 Å². The molecule has 2 unspecified atom stereocenters. The lowest BCUT2D eigenvalue weighted by Crippen LogP contribution is -2.33. The Labute approximate surface area is 139 Å². The van der Waals surface area contributed by atoms with E-state index in [4.69, 9.17) is 0 Å². The molecule has 1 fully saturated rings. The highest BCUT2D eigenvalue weighted by molar-refractivity contribution is 7.99. The minimum Gasteiger partial charge on any atom is -0.158 e. The van der Waals surface area contributed by atoms with Crippen LogP contribution in [0, 0.1) is 11.3 Å². The Kier molecular flexibility index (Phi) is 10.1. The summed E-state index contributed by atoms with van der Waals surface area (Å²) in [6, 6.07) is 0. The van der Waals surface area contributed by atoms with E-state index in [0.29, 0.717) is 5.41 Å². The first-order chi connectivity index (χ1) is 10.1. The Balaban J connectivity index is 2.05. The molecular formula is C20H40S. The van der Waals surface area contributed by atoms with Crippen molar-refractivity contribution in [3.63, 3.8) is 0 Å². The largest absolute Gasteiger partial charge is 0.158 e. The lowest BCUT2D eigenvalue weighted by molar-refractivity contribution is 0.187. The van der Waals surface area contributed by atoms with Gasteiger partial charge in [0, 0.05) is 5.25 Å². The molecule has 126 valence electrons. The summed E-state index contributed by atoms with van der Waals surface area (Å²) in [5.41, 5.74) is 0.511. The van der Waals surface area contributed by atoms with Gasteiger partial charge in [-0.3, -0.25) is 0 Å². The lowest BCUT2D eigenvalue weighted by atomic mass is 9.72. The van der Waals surface area contributed by atoms with Gasteiger partial charge in [0.2, 0.25) is 0 Å². The van der Waals surface area contributed by atoms with Crippen molar-refractivity contribution in [2.45, 2.75) is 110 Å². The maximum atomic E-state index is 2.45. The van der Waals surface area contributed by atoms with Crippen LogP contribution in [0.3, 0.4) is 0 Å². The van der Waals surface area contributed by atoms with Crippen molar-refractivity contribution < 1.29 is 0 Å². The smallest absolute Gasteiger partial charge is 0.00803 e. The zero-order valence-electron chi connectivity index (χ0n) is 15.3. The van der Waals surface area contributed by atoms with E-state index in [9.17, 15) is 0 Å². The van der Waals surface area contributed by atoms with E-state index in [1.807, 2.05) is 0 Å². The molecule has 1 aliphatic carbocycles. The fourth-order valence-electron chi connectivity index (χ4n) is 3.76. The van der Waals surface area contributed by atoms with E-state index < -0.39 is 0 Å². The van der Waals surface area contributed by atoms with Crippen molar-refractivity contribution in [2.75, 3.05) is 5.75 Å². The van der Waals surface area contributed by atoms with Gasteiger partial charge in [-0.1, -0.05) is 85.5 Å². The molecule has 1 heteroatoms. The normalized spacial score (nSPS) is 23.4. The average molecular weight is 313 g/mol. The number of thioether (sulfide) groups is 1. The monoisotopic (exact) mass is 312 g/mol. The summed E-state index contributed by atoms with van der Waals surface area (Å²) in [4.78, 5) is 0. The van der Waals surface area contributed by atoms with Gasteiger partial charge in [-0.15, -0.1) is 0 Å². The summed E-state index contributed by atoms with van der Waals surface area (Å²) in [6.45, 7) is 9.65. The van der Waals surface area contributed by atoms with Crippen molar-refractivity contribution >= 4 is 11.8 Å². The van der Waals surface area contributed by atoms with E-state index >= 15 is 0 Å². The summed E-state index contributed by atoms with van der Waals surface area (Å²) in [5.74, 6) is 2.36. The van der Waals surface area contributed by atoms with Crippen LogP contribution in [0.2, 0.25) is 0 Å². The number of rotatable bonds is 10. The van der Waals surface area contributed by atoms with Gasteiger partial charge in [-0.05, 0) is 36.3 Å². The summed E-state index contributed by atoms with van der Waals surface area (Å²) in [7, 11) is 0. The Morgan fingerprint density at radius 1 is 0.810 bits per heavy atom. The van der Waals surface area contributed by atoms with Gasteiger partial charge in [0.05, 0.1) is 0 Å². The maximum Gasteiger partial charge on any atom is 0.00803 e. The molecule has 0 nitrogen and oxygen atoms in total. The van der Waals surface area contributed by atoms with Gasteiger partial charge in [0.25, 0.3) is 0 Å². The van der Waals surface area contributed by atoms with Gasteiger partial charge in [0.15, 0.2) is 0 Å². The van der Waals surface area contributed by atoms with Gasteiger partial charge in [0.1, 0.15) is 0 Å². The third-order valence-electron chi connectivity index (χ3n) is 5.14. The van der Waals surface area contributed by atoms with Gasteiger partial charge in [-0.2, -0.15) is 11.8 Å². The van der Waals surface area contributed by atoms with Gasteiger partial charge >= 0.3 is 0 Å². The van der Waals surface area contributed by atoms with E-state index in [0.717, 1.165) is 11.2 Å². The number of hydrogen-bond donors (Lipinski definition) is 0. The zero-order chi connectivity index (χ0) is 15.6. The molecule has 0 radical (unpaired) electrons. The summed E-state index contributed by atoms with van der Waals surface area (Å²) in [5, 5.41) is 0.948. The molecule has 1 rings (SSSR count). The molecule has 1 saturated carbocycles. The van der Waals surface area contributed by atoms with Gasteiger partial charge in [-0.25, -0.2) is 0 Å². The van der Waals surface area contributed by atoms with Gasteiger partial charge < -0.3 is 0 Å². The van der Waals surface area contributed by atoms with Crippen LogP contribution in [0.1, 0.15) is 105 Å². The van der Waals surface area contributed by atoms with Crippen LogP contribution in [0.25, 0.3) is 0 Å². The topological polar surface area (TPSA) is 0 Å². The Morgan fingerprint density at radius 2 is 1.38 bits per heavy atom. The first-order valence-corrected chi connectivity index (χ1v) is 10.7. The molecule has 0 aromatic heterocycles. The van der Waals surface area contributed by atoms with Crippen LogP contribution in [-0.4, -0.2) is 11.0 Å². The van der Waals surface area contributed by atoms with Crippen LogP contribution in [0.5, 0.6) is 0 Å². The predicted molar refractivity (Wildman–Crippen MR) is 100 cm³/mol. The van der Waals surface area contributed by atoms with E-state index in [2.05, 4.69) is 39.5 Å². The molecular weight excluding hydrogens is 272 g/mol. The Hall–Kier alpha value is 0.350. The highest BCUT2D eigenvalue weighted by Crippen LogP contribution is 2.43. The fourth-order valence-corrected chi connectivity index (χ4v) is 5.54. The third kappa shape index (κ3) is 8.53. The zero-order valence-corrected chi connectivity index (χ0v) is 16.1. The molecule has 0 heterocycles. The Morgan fingerprint density at radius 3 is 2.00 bits per heavy atom. The molecule has 2 atom stereocenters. The number of hydrogen-bond acceptors (Lipinski definition) is 1. The Bertz CT molecular complexity index is 241. The highest BCUT2D eigenvalue weighted by atomic mass is 32.2. The summed E-state index contributed by atoms with van der Waals surface area (Å²) >= 11 is 2.30. The first kappa shape index (κ1) is 19.4. The number of unbranched alkanes of at least 4 members (excludes halogenated alkanes) is 7. The van der Waals surface area contributed by atoms with E-state index in [1.54, 1.807) is 0 Å². The predicted octanol–water partition coefficient (Wildman–Crippen LogP) is 7.47. The lowest BCUT2D eigenvalue weighted by Gasteiger charge is -2.40. The standard InChI is InChI=1S/C20H40S/c1-5-6-7-8-9-10-11-14-17-21-19-16-13-12-15-18(19)20(2,3)4/h18-19H,5-17H2,1-4H3. The molecule has 0 aromatic rings. The second kappa shape index (κ2) is 11.0. The second-order valence-electron chi connectivity index (χ2n) is 8.14. The highest BCUT2D eigenvalue weighted by Gasteiger charge is 2.33. The molecule has 1 aliphatic rings. The van der Waals surface area contributed by atoms with E-state index in [-0.39, 0.29) is 0 Å². The minimum atomic E-state index is 0.511. The third-order valence-corrected chi connectivity index (χ3v) is 6.66. The van der Waals surface area contributed by atoms with Crippen LogP contribution < -0.4 is 0 Å². The molecule has 0 N–H and O–H groups in total. The van der Waals surface area contributed by atoms with Crippen molar-refractivity contribution in [1.82, 2.24) is 0 Å². The SMILES string of the molecule is CCCCCCCCCCSC1CCCCC1C(C)(C)C. The second-order valence-corrected chi connectivity index (χ2v) is 9.49. The molecule has 0 aliphatic heterocycles. The molecule has 21 heavy (non-hydrogen) atoms. The minimum absolute atomic E-state index is 0.511. The maximum absolute atomic E-state index is 2.45. The molecule has 0 bridgehead atoms. The molecule has 0 spiro atoms. The molecule has 0 aromatic carbocycles. The van der Waals surface area contributed by atoms with Crippen LogP contribution in [-0.2, 0) is 0 Å². The van der Waals surface area contributed by atoms with Crippen molar-refractivity contribution in [1.29, 1.82) is 0 Å². The van der Waals surface area contributed by atoms with Crippen molar-refractivity contribution in [3.05, 3.63) is 0 Å². The van der Waals surface area contributed by atoms with Crippen LogP contribution in [0.15, 0.2) is 0 Å². The molecule has 0 saturated heterocycles.